The molecule has 0 spiro atoms. The molecule has 2 aromatic carbocycles. The van der Waals surface area contributed by atoms with E-state index in [9.17, 15) is 5.11 Å². The lowest BCUT2D eigenvalue weighted by Gasteiger charge is -2.31. The summed E-state index contributed by atoms with van der Waals surface area (Å²) in [4.78, 5) is 2.16. The van der Waals surface area contributed by atoms with Crippen molar-refractivity contribution in [2.45, 2.75) is 32.9 Å². The number of hydrogen-bond donors (Lipinski definition) is 1. The normalized spacial score (nSPS) is 11.8. The number of ether oxygens (including phenoxy) is 1. The molecule has 0 amide bonds. The Kier molecular flexibility index (Phi) is 6.22. The molecule has 0 bridgehead atoms. The lowest BCUT2D eigenvalue weighted by molar-refractivity contribution is 0.111. The second-order valence-electron chi connectivity index (χ2n) is 6.18. The molecule has 0 fully saturated rings. The van der Waals surface area contributed by atoms with Gasteiger partial charge in [0.1, 0.15) is 18.5 Å². The van der Waals surface area contributed by atoms with Crippen molar-refractivity contribution in [2.75, 3.05) is 18.1 Å². The SMILES string of the molecule is Cc1ccc(N(CC(O)COc2ccc(C#N)cc2)C(C)C)cc1. The van der Waals surface area contributed by atoms with Crippen LogP contribution in [0.1, 0.15) is 25.0 Å². The molecule has 0 saturated heterocycles. The quantitative estimate of drug-likeness (QED) is 0.846. The first-order chi connectivity index (χ1) is 11.5. The molecule has 0 aliphatic heterocycles. The molecule has 0 heterocycles. The zero-order valence-electron chi connectivity index (χ0n) is 14.4. The van der Waals surface area contributed by atoms with Crippen molar-refractivity contribution < 1.29 is 9.84 Å². The van der Waals surface area contributed by atoms with Crippen LogP contribution >= 0.6 is 0 Å². The van der Waals surface area contributed by atoms with Gasteiger partial charge in [0, 0.05) is 18.3 Å². The van der Waals surface area contributed by atoms with Gasteiger partial charge >= 0.3 is 0 Å². The maximum absolute atomic E-state index is 10.3. The first kappa shape index (κ1) is 17.8. The Morgan fingerprint density at radius 3 is 2.25 bits per heavy atom. The van der Waals surface area contributed by atoms with Crippen molar-refractivity contribution in [1.29, 1.82) is 5.26 Å². The molecule has 2 aromatic rings. The lowest BCUT2D eigenvalue weighted by Crippen LogP contribution is -2.40. The Labute approximate surface area is 143 Å². The summed E-state index contributed by atoms with van der Waals surface area (Å²) in [5.74, 6) is 0.652. The molecule has 0 aliphatic carbocycles. The highest BCUT2D eigenvalue weighted by molar-refractivity contribution is 5.48. The van der Waals surface area contributed by atoms with Gasteiger partial charge < -0.3 is 14.7 Å². The van der Waals surface area contributed by atoms with Gasteiger partial charge in [-0.2, -0.15) is 5.26 Å². The third-order valence-electron chi connectivity index (χ3n) is 3.82. The van der Waals surface area contributed by atoms with E-state index in [-0.39, 0.29) is 12.6 Å². The highest BCUT2D eigenvalue weighted by Gasteiger charge is 2.16. The summed E-state index contributed by atoms with van der Waals surface area (Å²) in [6, 6.07) is 17.5. The Bertz CT molecular complexity index is 672. The topological polar surface area (TPSA) is 56.5 Å². The fourth-order valence-corrected chi connectivity index (χ4v) is 2.45. The summed E-state index contributed by atoms with van der Waals surface area (Å²) in [5.41, 5.74) is 2.90. The minimum absolute atomic E-state index is 0.209. The van der Waals surface area contributed by atoms with E-state index in [0.717, 1.165) is 5.69 Å². The first-order valence-electron chi connectivity index (χ1n) is 8.14. The molecule has 1 unspecified atom stereocenters. The maximum atomic E-state index is 10.3. The van der Waals surface area contributed by atoms with Crippen molar-refractivity contribution in [3.8, 4) is 11.8 Å². The Balaban J connectivity index is 1.94. The van der Waals surface area contributed by atoms with Crippen LogP contribution in [0.4, 0.5) is 5.69 Å². The van der Waals surface area contributed by atoms with Crippen LogP contribution in [-0.4, -0.2) is 30.4 Å². The van der Waals surface area contributed by atoms with Gasteiger partial charge in [0.25, 0.3) is 0 Å². The zero-order chi connectivity index (χ0) is 17.5. The molecular formula is C20H24N2O2. The second-order valence-corrected chi connectivity index (χ2v) is 6.18. The van der Waals surface area contributed by atoms with Gasteiger partial charge in [-0.25, -0.2) is 0 Å². The van der Waals surface area contributed by atoms with E-state index in [2.05, 4.69) is 56.0 Å². The molecule has 126 valence electrons. The predicted octanol–water partition coefficient (Wildman–Crippen LogP) is 3.52. The number of nitrogens with zero attached hydrogens (tertiary/aromatic N) is 2. The van der Waals surface area contributed by atoms with Crippen LogP contribution in [0.5, 0.6) is 5.75 Å². The Morgan fingerprint density at radius 2 is 1.71 bits per heavy atom. The smallest absolute Gasteiger partial charge is 0.119 e. The van der Waals surface area contributed by atoms with E-state index >= 15 is 0 Å². The van der Waals surface area contributed by atoms with Gasteiger partial charge in [0.2, 0.25) is 0 Å². The third-order valence-corrected chi connectivity index (χ3v) is 3.82. The van der Waals surface area contributed by atoms with E-state index < -0.39 is 6.10 Å². The predicted molar refractivity (Wildman–Crippen MR) is 96.3 cm³/mol. The number of nitriles is 1. The van der Waals surface area contributed by atoms with E-state index in [1.54, 1.807) is 24.3 Å². The van der Waals surface area contributed by atoms with Crippen LogP contribution in [0.25, 0.3) is 0 Å². The minimum atomic E-state index is -0.607. The van der Waals surface area contributed by atoms with Gasteiger partial charge in [-0.1, -0.05) is 17.7 Å². The minimum Gasteiger partial charge on any atom is -0.491 e. The molecule has 0 saturated carbocycles. The van der Waals surface area contributed by atoms with Crippen molar-refractivity contribution in [2.24, 2.45) is 0 Å². The fourth-order valence-electron chi connectivity index (χ4n) is 2.45. The highest BCUT2D eigenvalue weighted by Crippen LogP contribution is 2.19. The van der Waals surface area contributed by atoms with E-state index in [1.807, 2.05) is 0 Å². The van der Waals surface area contributed by atoms with E-state index in [0.29, 0.717) is 17.9 Å². The lowest BCUT2D eigenvalue weighted by atomic mass is 10.1. The Hall–Kier alpha value is -2.51. The molecule has 0 aliphatic rings. The summed E-state index contributed by atoms with van der Waals surface area (Å²) in [6.07, 6.45) is -0.607. The van der Waals surface area contributed by atoms with Crippen molar-refractivity contribution in [3.63, 3.8) is 0 Å². The summed E-state index contributed by atoms with van der Waals surface area (Å²) >= 11 is 0. The van der Waals surface area contributed by atoms with Gasteiger partial charge in [-0.15, -0.1) is 0 Å². The molecule has 1 N–H and O–H groups in total. The number of benzene rings is 2. The summed E-state index contributed by atoms with van der Waals surface area (Å²) in [5, 5.41) is 19.1. The monoisotopic (exact) mass is 324 g/mol. The molecule has 2 rings (SSSR count). The van der Waals surface area contributed by atoms with Gasteiger partial charge in [-0.05, 0) is 57.2 Å². The summed E-state index contributed by atoms with van der Waals surface area (Å²) in [7, 11) is 0. The van der Waals surface area contributed by atoms with E-state index in [1.165, 1.54) is 5.56 Å². The van der Waals surface area contributed by atoms with Gasteiger partial charge in [0.05, 0.1) is 11.6 Å². The molecule has 4 heteroatoms. The molecule has 24 heavy (non-hydrogen) atoms. The van der Waals surface area contributed by atoms with Crippen LogP contribution in [0.15, 0.2) is 48.5 Å². The highest BCUT2D eigenvalue weighted by atomic mass is 16.5. The number of aryl methyl sites for hydroxylation is 1. The van der Waals surface area contributed by atoms with Gasteiger partial charge in [-0.3, -0.25) is 0 Å². The number of aliphatic hydroxyl groups is 1. The molecule has 1 atom stereocenters. The third kappa shape index (κ3) is 5.00. The standard InChI is InChI=1S/C20H24N2O2/c1-15(2)22(18-8-4-16(3)5-9-18)13-19(23)14-24-20-10-6-17(12-21)7-11-20/h4-11,15,19,23H,13-14H2,1-3H3. The molecule has 0 aromatic heterocycles. The van der Waals surface area contributed by atoms with Crippen LogP contribution in [0.2, 0.25) is 0 Å². The summed E-state index contributed by atoms with van der Waals surface area (Å²) in [6.45, 7) is 6.98. The zero-order valence-corrected chi connectivity index (χ0v) is 14.4. The molecule has 4 nitrogen and oxygen atoms in total. The van der Waals surface area contributed by atoms with E-state index in [4.69, 9.17) is 10.00 Å². The van der Waals surface area contributed by atoms with Gasteiger partial charge in [0.15, 0.2) is 0 Å². The molecule has 0 radical (unpaired) electrons. The number of hydrogen-bond acceptors (Lipinski definition) is 4. The molecular weight excluding hydrogens is 300 g/mol. The maximum Gasteiger partial charge on any atom is 0.119 e. The number of anilines is 1. The number of aliphatic hydroxyl groups excluding tert-OH is 1. The van der Waals surface area contributed by atoms with Crippen molar-refractivity contribution >= 4 is 5.69 Å². The number of rotatable bonds is 7. The van der Waals surface area contributed by atoms with Crippen LogP contribution < -0.4 is 9.64 Å². The van der Waals surface area contributed by atoms with Crippen LogP contribution in [0.3, 0.4) is 0 Å². The second kappa shape index (κ2) is 8.37. The summed E-state index contributed by atoms with van der Waals surface area (Å²) < 4.78 is 5.62. The van der Waals surface area contributed by atoms with Crippen molar-refractivity contribution in [1.82, 2.24) is 0 Å². The largest absolute Gasteiger partial charge is 0.491 e. The Morgan fingerprint density at radius 1 is 1.08 bits per heavy atom. The van der Waals surface area contributed by atoms with Crippen molar-refractivity contribution in [3.05, 3.63) is 59.7 Å². The average Bonchev–Trinajstić information content (AvgIpc) is 2.59. The van der Waals surface area contributed by atoms with Crippen LogP contribution in [-0.2, 0) is 0 Å². The first-order valence-corrected chi connectivity index (χ1v) is 8.14. The fraction of sp³-hybridized carbons (Fsp3) is 0.350. The van der Waals surface area contributed by atoms with Crippen LogP contribution in [0, 0.1) is 18.3 Å². The average molecular weight is 324 g/mol.